The van der Waals surface area contributed by atoms with Gasteiger partial charge < -0.3 is 25.8 Å². The first-order valence-corrected chi connectivity index (χ1v) is 11.2. The number of aliphatic hydroxyl groups is 3. The summed E-state index contributed by atoms with van der Waals surface area (Å²) >= 11 is 0. The van der Waals surface area contributed by atoms with E-state index in [-0.39, 0.29) is 11.7 Å². The van der Waals surface area contributed by atoms with Crippen molar-refractivity contribution in [1.82, 2.24) is 19.5 Å². The molecular weight excluding hydrogens is 434 g/mol. The van der Waals surface area contributed by atoms with E-state index in [4.69, 9.17) is 10.5 Å². The third-order valence-corrected chi connectivity index (χ3v) is 6.67. The molecule has 0 aliphatic carbocycles. The smallest absolute Gasteiger partial charge is 0.176 e. The van der Waals surface area contributed by atoms with Crippen molar-refractivity contribution in [2.75, 3.05) is 12.3 Å². The van der Waals surface area contributed by atoms with Gasteiger partial charge in [-0.25, -0.2) is 15.0 Å². The standard InChI is InChI=1S/C25H27N5O4/c26-23-20-24(28-14-27-23)30(15-29-20)25(22(33)21(32)19(13-31)34-25)12-11-18(16-7-3-1-4-8-16)17-9-5-2-6-10-17/h1-10,14-15,18-19,21-22,31-33H,11-13H2,(H2,26,27,28)/t19-,21-,22-,25-/m1/s1. The van der Waals surface area contributed by atoms with Crippen LogP contribution < -0.4 is 5.73 Å². The normalized spacial score (nSPS) is 24.8. The zero-order chi connectivity index (χ0) is 23.7. The maximum atomic E-state index is 11.3. The minimum Gasteiger partial charge on any atom is -0.394 e. The molecule has 4 atom stereocenters. The van der Waals surface area contributed by atoms with Crippen LogP contribution in [-0.2, 0) is 10.5 Å². The Kier molecular flexibility index (Phi) is 6.01. The first kappa shape index (κ1) is 22.4. The van der Waals surface area contributed by atoms with E-state index < -0.39 is 30.6 Å². The van der Waals surface area contributed by atoms with Crippen molar-refractivity contribution >= 4 is 17.0 Å². The van der Waals surface area contributed by atoms with Crippen molar-refractivity contribution in [3.05, 3.63) is 84.4 Å². The Morgan fingerprint density at radius 3 is 2.21 bits per heavy atom. The van der Waals surface area contributed by atoms with Crippen LogP contribution in [0.25, 0.3) is 11.2 Å². The highest BCUT2D eigenvalue weighted by molar-refractivity contribution is 5.81. The van der Waals surface area contributed by atoms with Gasteiger partial charge in [-0.1, -0.05) is 60.7 Å². The zero-order valence-electron chi connectivity index (χ0n) is 18.5. The number of imidazole rings is 1. The molecule has 3 heterocycles. The van der Waals surface area contributed by atoms with Gasteiger partial charge in [-0.15, -0.1) is 0 Å². The van der Waals surface area contributed by atoms with Crippen molar-refractivity contribution in [3.8, 4) is 0 Å². The van der Waals surface area contributed by atoms with E-state index in [1.165, 1.54) is 12.7 Å². The number of fused-ring (bicyclic) bond motifs is 1. The molecule has 5 N–H and O–H groups in total. The lowest BCUT2D eigenvalue weighted by molar-refractivity contribution is -0.151. The van der Waals surface area contributed by atoms with E-state index in [9.17, 15) is 15.3 Å². The molecule has 9 heteroatoms. The molecule has 1 aliphatic rings. The van der Waals surface area contributed by atoms with Crippen LogP contribution in [0.1, 0.15) is 29.9 Å². The van der Waals surface area contributed by atoms with Gasteiger partial charge in [-0.2, -0.15) is 0 Å². The van der Waals surface area contributed by atoms with Crippen LogP contribution in [0.4, 0.5) is 5.82 Å². The molecule has 1 aliphatic heterocycles. The maximum absolute atomic E-state index is 11.3. The lowest BCUT2D eigenvalue weighted by Crippen LogP contribution is -2.45. The molecule has 5 rings (SSSR count). The Balaban J connectivity index is 1.58. The van der Waals surface area contributed by atoms with Crippen LogP contribution in [0, 0.1) is 0 Å². The van der Waals surface area contributed by atoms with Crippen molar-refractivity contribution in [1.29, 1.82) is 0 Å². The number of anilines is 1. The largest absolute Gasteiger partial charge is 0.394 e. The summed E-state index contributed by atoms with van der Waals surface area (Å²) in [7, 11) is 0. The highest BCUT2D eigenvalue weighted by atomic mass is 16.6. The Morgan fingerprint density at radius 1 is 0.971 bits per heavy atom. The fourth-order valence-corrected chi connectivity index (χ4v) is 4.92. The van der Waals surface area contributed by atoms with E-state index in [0.29, 0.717) is 24.0 Å². The number of benzene rings is 2. The fraction of sp³-hybridized carbons (Fsp3) is 0.320. The number of aromatic nitrogens is 4. The Morgan fingerprint density at radius 2 is 1.62 bits per heavy atom. The van der Waals surface area contributed by atoms with Gasteiger partial charge >= 0.3 is 0 Å². The number of ether oxygens (including phenoxy) is 1. The second kappa shape index (κ2) is 9.11. The topological polar surface area (TPSA) is 140 Å². The van der Waals surface area contributed by atoms with Crippen LogP contribution in [-0.4, -0.2) is 59.8 Å². The molecule has 176 valence electrons. The van der Waals surface area contributed by atoms with E-state index >= 15 is 0 Å². The van der Waals surface area contributed by atoms with Gasteiger partial charge in [0.1, 0.15) is 30.2 Å². The second-order valence-electron chi connectivity index (χ2n) is 8.58. The van der Waals surface area contributed by atoms with Crippen LogP contribution >= 0.6 is 0 Å². The second-order valence-corrected chi connectivity index (χ2v) is 8.58. The summed E-state index contributed by atoms with van der Waals surface area (Å²) in [5.74, 6) is 0.215. The molecule has 0 amide bonds. The monoisotopic (exact) mass is 461 g/mol. The molecule has 0 radical (unpaired) electrons. The number of hydrogen-bond donors (Lipinski definition) is 4. The quantitative estimate of drug-likeness (QED) is 0.327. The molecule has 9 nitrogen and oxygen atoms in total. The number of nitrogens with two attached hydrogens (primary N) is 1. The lowest BCUT2D eigenvalue weighted by Gasteiger charge is -2.35. The van der Waals surface area contributed by atoms with Gasteiger partial charge in [-0.05, 0) is 24.0 Å². The first-order valence-electron chi connectivity index (χ1n) is 11.2. The average molecular weight is 462 g/mol. The molecule has 0 saturated carbocycles. The van der Waals surface area contributed by atoms with Crippen LogP contribution in [0.15, 0.2) is 73.3 Å². The van der Waals surface area contributed by atoms with E-state index in [0.717, 1.165) is 11.1 Å². The summed E-state index contributed by atoms with van der Waals surface area (Å²) in [5, 5.41) is 31.8. The highest BCUT2D eigenvalue weighted by Gasteiger charge is 2.55. The number of nitrogens with zero attached hydrogens (tertiary/aromatic N) is 4. The molecular formula is C25H27N5O4. The van der Waals surface area contributed by atoms with Crippen LogP contribution in [0.5, 0.6) is 0 Å². The molecule has 2 aromatic carbocycles. The van der Waals surface area contributed by atoms with Crippen molar-refractivity contribution < 1.29 is 20.1 Å². The Bertz CT molecular complexity index is 1210. The van der Waals surface area contributed by atoms with Crippen LogP contribution in [0.2, 0.25) is 0 Å². The summed E-state index contributed by atoms with van der Waals surface area (Å²) in [6.45, 7) is -0.440. The summed E-state index contributed by atoms with van der Waals surface area (Å²) < 4.78 is 7.82. The van der Waals surface area contributed by atoms with Gasteiger partial charge in [0.15, 0.2) is 17.2 Å². The molecule has 1 fully saturated rings. The third kappa shape index (κ3) is 3.72. The predicted octanol–water partition coefficient (Wildman–Crippen LogP) is 1.79. The van der Waals surface area contributed by atoms with Gasteiger partial charge in [-0.3, -0.25) is 4.57 Å². The average Bonchev–Trinajstić information content (AvgIpc) is 3.42. The maximum Gasteiger partial charge on any atom is 0.176 e. The Labute approximate surface area is 196 Å². The number of rotatable bonds is 7. The molecule has 4 aromatic rings. The van der Waals surface area contributed by atoms with Crippen molar-refractivity contribution in [2.45, 2.75) is 42.8 Å². The van der Waals surface area contributed by atoms with E-state index in [1.807, 2.05) is 36.4 Å². The number of hydrogen-bond acceptors (Lipinski definition) is 8. The minimum atomic E-state index is -1.41. The molecule has 2 aromatic heterocycles. The van der Waals surface area contributed by atoms with Gasteiger partial charge in [0.05, 0.1) is 12.9 Å². The fourth-order valence-electron chi connectivity index (χ4n) is 4.92. The minimum absolute atomic E-state index is 0.00914. The van der Waals surface area contributed by atoms with Crippen LogP contribution in [0.3, 0.4) is 0 Å². The van der Waals surface area contributed by atoms with Gasteiger partial charge in [0, 0.05) is 5.92 Å². The van der Waals surface area contributed by atoms with Gasteiger partial charge in [0.25, 0.3) is 0 Å². The molecule has 0 unspecified atom stereocenters. The summed E-state index contributed by atoms with van der Waals surface area (Å²) in [4.78, 5) is 12.6. The lowest BCUT2D eigenvalue weighted by atomic mass is 9.84. The highest BCUT2D eigenvalue weighted by Crippen LogP contribution is 2.43. The van der Waals surface area contributed by atoms with Crippen molar-refractivity contribution in [3.63, 3.8) is 0 Å². The number of aliphatic hydroxyl groups excluding tert-OH is 3. The zero-order valence-corrected chi connectivity index (χ0v) is 18.5. The summed E-state index contributed by atoms with van der Waals surface area (Å²) in [6.07, 6.45) is 0.131. The van der Waals surface area contributed by atoms with Gasteiger partial charge in [0.2, 0.25) is 0 Å². The van der Waals surface area contributed by atoms with E-state index in [1.54, 1.807) is 4.57 Å². The Hall–Kier alpha value is -3.37. The van der Waals surface area contributed by atoms with E-state index in [2.05, 4.69) is 39.2 Å². The SMILES string of the molecule is Nc1ncnc2c1ncn2[C@]1(CCC(c2ccccc2)c2ccccc2)O[C@H](CO)[C@@H](O)[C@H]1O. The van der Waals surface area contributed by atoms with Crippen molar-refractivity contribution in [2.24, 2.45) is 0 Å². The summed E-state index contributed by atoms with van der Waals surface area (Å²) in [5.41, 5.74) is 7.57. The molecule has 1 saturated heterocycles. The number of nitrogen functional groups attached to an aromatic ring is 1. The predicted molar refractivity (Wildman–Crippen MR) is 126 cm³/mol. The first-order chi connectivity index (χ1) is 16.5. The molecule has 34 heavy (non-hydrogen) atoms. The molecule has 0 bridgehead atoms. The molecule has 0 spiro atoms. The third-order valence-electron chi connectivity index (χ3n) is 6.67. The summed E-state index contributed by atoms with van der Waals surface area (Å²) in [6, 6.07) is 20.2.